The minimum atomic E-state index is -0.279. The van der Waals surface area contributed by atoms with Crippen molar-refractivity contribution in [2.45, 2.75) is 13.8 Å². The maximum Gasteiger partial charge on any atom is 0.219 e. The zero-order valence-electron chi connectivity index (χ0n) is 18.4. The molecule has 5 aromatic rings. The molecule has 0 radical (unpaired) electrons. The van der Waals surface area contributed by atoms with Gasteiger partial charge in [0.25, 0.3) is 0 Å². The maximum atomic E-state index is 14.5. The van der Waals surface area contributed by atoms with Crippen LogP contribution in [0.1, 0.15) is 16.7 Å². The fourth-order valence-electron chi connectivity index (χ4n) is 4.44. The number of hydrogen-bond acceptors (Lipinski definition) is 2. The third kappa shape index (κ3) is 3.14. The SMILES string of the molecule is [C-]#[N+]c1cccc(-c2c(C#N)ccc3c2oc2c(-c4cc(F)c(C)c[n+]4C)c(C)ccc23)c1. The van der Waals surface area contributed by atoms with Crippen LogP contribution in [0.5, 0.6) is 0 Å². The van der Waals surface area contributed by atoms with Crippen molar-refractivity contribution in [3.63, 3.8) is 0 Å². The van der Waals surface area contributed by atoms with Gasteiger partial charge in [0, 0.05) is 28.0 Å². The third-order valence-electron chi connectivity index (χ3n) is 6.07. The van der Waals surface area contributed by atoms with Crippen LogP contribution >= 0.6 is 0 Å². The highest BCUT2D eigenvalue weighted by Crippen LogP contribution is 2.42. The summed E-state index contributed by atoms with van der Waals surface area (Å²) in [7, 11) is 1.89. The van der Waals surface area contributed by atoms with Crippen molar-refractivity contribution >= 4 is 27.6 Å². The molecule has 0 N–H and O–H groups in total. The van der Waals surface area contributed by atoms with E-state index in [4.69, 9.17) is 11.0 Å². The zero-order valence-corrected chi connectivity index (χ0v) is 18.4. The van der Waals surface area contributed by atoms with Crippen molar-refractivity contribution in [1.29, 1.82) is 5.26 Å². The fourth-order valence-corrected chi connectivity index (χ4v) is 4.44. The van der Waals surface area contributed by atoms with Gasteiger partial charge in [-0.3, -0.25) is 0 Å². The van der Waals surface area contributed by atoms with Crippen molar-refractivity contribution in [2.75, 3.05) is 0 Å². The largest absolute Gasteiger partial charge is 0.454 e. The van der Waals surface area contributed by atoms with Crippen LogP contribution in [0.2, 0.25) is 0 Å². The first-order chi connectivity index (χ1) is 15.9. The van der Waals surface area contributed by atoms with Gasteiger partial charge in [-0.2, -0.15) is 5.26 Å². The van der Waals surface area contributed by atoms with Gasteiger partial charge in [0.05, 0.1) is 23.8 Å². The Morgan fingerprint density at radius 3 is 2.42 bits per heavy atom. The number of benzene rings is 3. The lowest BCUT2D eigenvalue weighted by Crippen LogP contribution is -2.31. The van der Waals surface area contributed by atoms with Crippen LogP contribution in [0.4, 0.5) is 10.1 Å². The quantitative estimate of drug-likeness (QED) is 0.224. The van der Waals surface area contributed by atoms with E-state index < -0.39 is 0 Å². The van der Waals surface area contributed by atoms with Gasteiger partial charge in [0.1, 0.15) is 24.0 Å². The van der Waals surface area contributed by atoms with Crippen LogP contribution in [-0.2, 0) is 7.05 Å². The topological polar surface area (TPSA) is 45.2 Å². The fraction of sp³-hybridized carbons (Fsp3) is 0.107. The maximum absolute atomic E-state index is 14.5. The number of rotatable bonds is 2. The van der Waals surface area contributed by atoms with Gasteiger partial charge < -0.3 is 4.42 Å². The predicted octanol–water partition coefficient (Wildman–Crippen LogP) is 6.92. The molecule has 0 unspecified atom stereocenters. The molecule has 0 aliphatic carbocycles. The normalized spacial score (nSPS) is 11.0. The predicted molar refractivity (Wildman–Crippen MR) is 126 cm³/mol. The molecule has 0 fully saturated rings. The van der Waals surface area contributed by atoms with Gasteiger partial charge in [-0.1, -0.05) is 30.3 Å². The molecule has 2 aromatic heterocycles. The van der Waals surface area contributed by atoms with Crippen molar-refractivity contribution in [2.24, 2.45) is 7.05 Å². The first-order valence-electron chi connectivity index (χ1n) is 10.5. The highest BCUT2D eigenvalue weighted by molar-refractivity contribution is 6.14. The summed E-state index contributed by atoms with van der Waals surface area (Å²) in [6.07, 6.45) is 1.76. The van der Waals surface area contributed by atoms with E-state index >= 15 is 0 Å². The molecule has 0 bridgehead atoms. The molecule has 0 aliphatic rings. The average Bonchev–Trinajstić information content (AvgIpc) is 3.19. The molecule has 0 atom stereocenters. The van der Waals surface area contributed by atoms with Gasteiger partial charge >= 0.3 is 0 Å². The van der Waals surface area contributed by atoms with Gasteiger partial charge in [-0.15, -0.1) is 0 Å². The molecule has 0 spiro atoms. The highest BCUT2D eigenvalue weighted by Gasteiger charge is 2.24. The minimum Gasteiger partial charge on any atom is -0.454 e. The molecular weight excluding hydrogens is 413 g/mol. The number of aryl methyl sites for hydroxylation is 3. The molecule has 3 aromatic carbocycles. The second-order valence-electron chi connectivity index (χ2n) is 8.18. The monoisotopic (exact) mass is 432 g/mol. The number of halogens is 1. The summed E-state index contributed by atoms with van der Waals surface area (Å²) in [6, 6.07) is 18.6. The van der Waals surface area contributed by atoms with E-state index in [9.17, 15) is 9.65 Å². The molecule has 158 valence electrons. The second-order valence-corrected chi connectivity index (χ2v) is 8.18. The van der Waals surface area contributed by atoms with Gasteiger partial charge in [-0.05, 0) is 43.2 Å². The van der Waals surface area contributed by atoms with Crippen LogP contribution in [-0.4, -0.2) is 0 Å². The van der Waals surface area contributed by atoms with E-state index in [1.54, 1.807) is 37.4 Å². The molecule has 4 nitrogen and oxygen atoms in total. The summed E-state index contributed by atoms with van der Waals surface area (Å²) < 4.78 is 22.9. The number of fused-ring (bicyclic) bond motifs is 3. The Bertz CT molecular complexity index is 1680. The molecule has 0 saturated carbocycles. The van der Waals surface area contributed by atoms with Crippen LogP contribution in [0.15, 0.2) is 65.2 Å². The van der Waals surface area contributed by atoms with Crippen molar-refractivity contribution in [3.05, 3.63) is 94.7 Å². The van der Waals surface area contributed by atoms with E-state index in [2.05, 4.69) is 10.9 Å². The first kappa shape index (κ1) is 20.4. The average molecular weight is 432 g/mol. The number of furan rings is 1. The van der Waals surface area contributed by atoms with Crippen LogP contribution in [0, 0.1) is 37.6 Å². The molecular formula is C28H19FN3O+. The third-order valence-corrected chi connectivity index (χ3v) is 6.07. The smallest absolute Gasteiger partial charge is 0.219 e. The summed E-state index contributed by atoms with van der Waals surface area (Å²) in [5, 5.41) is 11.6. The molecule has 0 saturated heterocycles. The molecule has 33 heavy (non-hydrogen) atoms. The van der Waals surface area contributed by atoms with Crippen LogP contribution in [0.3, 0.4) is 0 Å². The summed E-state index contributed by atoms with van der Waals surface area (Å²) in [4.78, 5) is 3.52. The summed E-state index contributed by atoms with van der Waals surface area (Å²) >= 11 is 0. The highest BCUT2D eigenvalue weighted by atomic mass is 19.1. The van der Waals surface area contributed by atoms with E-state index in [1.165, 1.54) is 6.07 Å². The number of hydrogen-bond donors (Lipinski definition) is 0. The lowest BCUT2D eigenvalue weighted by molar-refractivity contribution is -0.661. The number of aromatic nitrogens is 1. The van der Waals surface area contributed by atoms with E-state index in [0.29, 0.717) is 39.2 Å². The Morgan fingerprint density at radius 1 is 0.970 bits per heavy atom. The number of nitriles is 1. The summed E-state index contributed by atoms with van der Waals surface area (Å²) in [5.41, 5.74) is 6.61. The molecule has 0 aliphatic heterocycles. The Hall–Kier alpha value is -4.48. The molecule has 0 amide bonds. The van der Waals surface area contributed by atoms with Crippen LogP contribution in [0.25, 0.3) is 49.2 Å². The Balaban J connectivity index is 1.91. The van der Waals surface area contributed by atoms with Gasteiger partial charge in [0.15, 0.2) is 11.9 Å². The standard InChI is InChI=1S/C28H19FN3O/c1-16-8-10-21-22-11-9-19(14-30)26(18-6-5-7-20(12-18)31-3)28(22)33-27(21)25(16)24-13-23(29)17(2)15-32(24)4/h5-13,15H,1-2,4H3/q+1. The first-order valence-corrected chi connectivity index (χ1v) is 10.5. The second kappa shape index (κ2) is 7.58. The van der Waals surface area contributed by atoms with Gasteiger partial charge in [-0.25, -0.2) is 13.8 Å². The Labute approximate surface area is 190 Å². The zero-order chi connectivity index (χ0) is 23.3. The van der Waals surface area contributed by atoms with E-state index in [1.807, 2.05) is 42.8 Å². The lowest BCUT2D eigenvalue weighted by atomic mass is 9.96. The van der Waals surface area contributed by atoms with Crippen molar-refractivity contribution in [1.82, 2.24) is 0 Å². The van der Waals surface area contributed by atoms with Crippen LogP contribution < -0.4 is 4.57 Å². The minimum absolute atomic E-state index is 0.279. The van der Waals surface area contributed by atoms with Gasteiger partial charge in [0.2, 0.25) is 5.69 Å². The molecule has 2 heterocycles. The number of nitrogens with zero attached hydrogens (tertiary/aromatic N) is 3. The van der Waals surface area contributed by atoms with Crippen molar-refractivity contribution < 1.29 is 13.4 Å². The summed E-state index contributed by atoms with van der Waals surface area (Å²) in [6.45, 7) is 11.1. The Morgan fingerprint density at radius 2 is 1.70 bits per heavy atom. The number of pyridine rings is 1. The Kier molecular flexibility index (Phi) is 4.69. The van der Waals surface area contributed by atoms with Crippen molar-refractivity contribution in [3.8, 4) is 28.5 Å². The summed E-state index contributed by atoms with van der Waals surface area (Å²) in [5.74, 6) is -0.279. The molecule has 5 rings (SSSR count). The molecule has 5 heteroatoms. The van der Waals surface area contributed by atoms with E-state index in [0.717, 1.165) is 27.5 Å². The lowest BCUT2D eigenvalue weighted by Gasteiger charge is -2.07. The van der Waals surface area contributed by atoms with E-state index in [-0.39, 0.29) is 5.82 Å².